The van der Waals surface area contributed by atoms with Gasteiger partial charge in [-0.2, -0.15) is 5.26 Å². The van der Waals surface area contributed by atoms with Gasteiger partial charge in [0.25, 0.3) is 5.91 Å². The number of hydrogen-bond donors (Lipinski definition) is 3. The van der Waals surface area contributed by atoms with Crippen LogP contribution in [-0.2, 0) is 32.1 Å². The smallest absolute Gasteiger partial charge is 0.408 e. The predicted octanol–water partition coefficient (Wildman–Crippen LogP) is 2.09. The van der Waals surface area contributed by atoms with E-state index in [0.717, 1.165) is 21.1 Å². The lowest BCUT2D eigenvalue weighted by molar-refractivity contribution is -0.146. The maximum Gasteiger partial charge on any atom is 0.408 e. The minimum absolute atomic E-state index is 0.0281. The van der Waals surface area contributed by atoms with E-state index in [4.69, 9.17) is 10.5 Å². The molecular formula is C28H36N6O5. The van der Waals surface area contributed by atoms with Crippen LogP contribution in [0.5, 0.6) is 0 Å². The summed E-state index contributed by atoms with van der Waals surface area (Å²) in [6.07, 6.45) is 1.06. The zero-order valence-corrected chi connectivity index (χ0v) is 22.7. The third kappa shape index (κ3) is 10.0. The summed E-state index contributed by atoms with van der Waals surface area (Å²) in [5, 5.41) is 16.9. The molecule has 0 spiro atoms. The van der Waals surface area contributed by atoms with Gasteiger partial charge >= 0.3 is 6.09 Å². The lowest BCUT2D eigenvalue weighted by atomic mass is 9.86. The number of alkyl carbamates (subject to hydrolysis) is 1. The Morgan fingerprint density at radius 1 is 0.974 bits per heavy atom. The molecule has 0 saturated heterocycles. The van der Waals surface area contributed by atoms with Crippen LogP contribution >= 0.6 is 0 Å². The van der Waals surface area contributed by atoms with Crippen LogP contribution in [0.1, 0.15) is 38.3 Å². The van der Waals surface area contributed by atoms with Gasteiger partial charge in [0.2, 0.25) is 11.8 Å². The summed E-state index contributed by atoms with van der Waals surface area (Å²) in [7, 11) is 1.37. The number of rotatable bonds is 12. The number of hydrazine groups is 1. The van der Waals surface area contributed by atoms with E-state index in [0.29, 0.717) is 0 Å². The Bertz CT molecular complexity index is 1160. The van der Waals surface area contributed by atoms with Crippen molar-refractivity contribution in [2.24, 2.45) is 11.1 Å². The van der Waals surface area contributed by atoms with Crippen molar-refractivity contribution in [1.29, 1.82) is 5.26 Å². The molecule has 2 aromatic rings. The molecule has 208 valence electrons. The lowest BCUT2D eigenvalue weighted by Crippen LogP contribution is -2.59. The number of amides is 4. The average Bonchev–Trinajstić information content (AvgIpc) is 2.90. The lowest BCUT2D eigenvalue weighted by Gasteiger charge is -2.33. The molecule has 2 rings (SSSR count). The fourth-order valence-corrected chi connectivity index (χ4v) is 3.69. The number of carbonyl (C=O) groups excluding carboxylic acids is 4. The highest BCUT2D eigenvalue weighted by Crippen LogP contribution is 2.20. The summed E-state index contributed by atoms with van der Waals surface area (Å²) in [6.45, 7) is 5.25. The maximum atomic E-state index is 13.5. The summed E-state index contributed by atoms with van der Waals surface area (Å²) in [5.74, 6) is -1.80. The molecule has 0 bridgehead atoms. The number of carbonyl (C=O) groups is 4. The first kappa shape index (κ1) is 30.6. The summed E-state index contributed by atoms with van der Waals surface area (Å²) in [6, 6.07) is 16.0. The van der Waals surface area contributed by atoms with Crippen LogP contribution in [-0.4, -0.2) is 59.5 Å². The van der Waals surface area contributed by atoms with E-state index in [9.17, 15) is 24.4 Å². The van der Waals surface area contributed by atoms with Crippen molar-refractivity contribution in [3.8, 4) is 6.19 Å². The number of nitrogens with zero attached hydrogens (tertiary/aromatic N) is 3. The SMILES string of the molecule is CN(C(=O)C(Cc1ccccc1)NC(=O)[C@@H](NC(=O)OCc1ccccc1)C(C)(C)C)N(C#N)CCC(N)=O. The fourth-order valence-electron chi connectivity index (χ4n) is 3.69. The molecule has 2 atom stereocenters. The van der Waals surface area contributed by atoms with Gasteiger partial charge in [-0.25, -0.2) is 14.8 Å². The molecule has 0 fully saturated rings. The third-order valence-electron chi connectivity index (χ3n) is 5.87. The second kappa shape index (κ2) is 14.4. The van der Waals surface area contributed by atoms with E-state index in [1.54, 1.807) is 32.9 Å². The van der Waals surface area contributed by atoms with Crippen LogP contribution in [0, 0.1) is 16.9 Å². The molecule has 11 heteroatoms. The molecule has 39 heavy (non-hydrogen) atoms. The van der Waals surface area contributed by atoms with Crippen molar-refractivity contribution in [1.82, 2.24) is 20.7 Å². The number of hydrogen-bond acceptors (Lipinski definition) is 7. The highest BCUT2D eigenvalue weighted by molar-refractivity contribution is 5.91. The molecule has 0 aliphatic heterocycles. The summed E-state index contributed by atoms with van der Waals surface area (Å²) in [5.41, 5.74) is 6.02. The summed E-state index contributed by atoms with van der Waals surface area (Å²) in [4.78, 5) is 50.7. The molecule has 2 aromatic carbocycles. The number of ether oxygens (including phenoxy) is 1. The molecule has 11 nitrogen and oxygen atoms in total. The number of likely N-dealkylation sites (N-methyl/N-ethyl adjacent to an activating group) is 1. The van der Waals surface area contributed by atoms with Crippen molar-refractivity contribution in [2.75, 3.05) is 13.6 Å². The minimum atomic E-state index is -1.08. The summed E-state index contributed by atoms with van der Waals surface area (Å²) < 4.78 is 5.30. The third-order valence-corrected chi connectivity index (χ3v) is 5.87. The van der Waals surface area contributed by atoms with Gasteiger partial charge in [-0.15, -0.1) is 0 Å². The highest BCUT2D eigenvalue weighted by atomic mass is 16.5. The van der Waals surface area contributed by atoms with E-state index in [1.165, 1.54) is 7.05 Å². The number of primary amides is 1. The normalized spacial score (nSPS) is 12.3. The van der Waals surface area contributed by atoms with Crippen LogP contribution in [0.4, 0.5) is 4.79 Å². The van der Waals surface area contributed by atoms with Crippen molar-refractivity contribution in [3.63, 3.8) is 0 Å². The first-order valence-corrected chi connectivity index (χ1v) is 12.5. The van der Waals surface area contributed by atoms with Gasteiger partial charge in [0.15, 0.2) is 6.19 Å². The van der Waals surface area contributed by atoms with Crippen LogP contribution in [0.15, 0.2) is 60.7 Å². The highest BCUT2D eigenvalue weighted by Gasteiger charge is 2.36. The van der Waals surface area contributed by atoms with E-state index < -0.39 is 41.3 Å². The molecule has 0 aliphatic rings. The topological polar surface area (TPSA) is 158 Å². The van der Waals surface area contributed by atoms with Crippen molar-refractivity contribution < 1.29 is 23.9 Å². The molecule has 0 radical (unpaired) electrons. The predicted molar refractivity (Wildman–Crippen MR) is 144 cm³/mol. The number of nitrogens with two attached hydrogens (primary N) is 1. The Morgan fingerprint density at radius 3 is 2.05 bits per heavy atom. The largest absolute Gasteiger partial charge is 0.445 e. The van der Waals surface area contributed by atoms with Gasteiger partial charge in [-0.1, -0.05) is 81.4 Å². The molecule has 4 N–H and O–H groups in total. The zero-order chi connectivity index (χ0) is 29.0. The number of benzene rings is 2. The Hall–Kier alpha value is -4.59. The van der Waals surface area contributed by atoms with Crippen molar-refractivity contribution in [2.45, 2.75) is 52.3 Å². The van der Waals surface area contributed by atoms with Crippen molar-refractivity contribution in [3.05, 3.63) is 71.8 Å². The maximum absolute atomic E-state index is 13.5. The van der Waals surface area contributed by atoms with Gasteiger partial charge in [0, 0.05) is 19.9 Å². The summed E-state index contributed by atoms with van der Waals surface area (Å²) >= 11 is 0. The fraction of sp³-hybridized carbons (Fsp3) is 0.393. The quantitative estimate of drug-likeness (QED) is 0.213. The molecule has 0 aliphatic carbocycles. The van der Waals surface area contributed by atoms with Gasteiger partial charge < -0.3 is 21.1 Å². The van der Waals surface area contributed by atoms with E-state index in [1.807, 2.05) is 54.7 Å². The second-order valence-corrected chi connectivity index (χ2v) is 10.1. The molecule has 4 amide bonds. The van der Waals surface area contributed by atoms with Gasteiger partial charge in [-0.05, 0) is 16.5 Å². The second-order valence-electron chi connectivity index (χ2n) is 10.1. The van der Waals surface area contributed by atoms with Gasteiger partial charge in [0.05, 0.1) is 6.54 Å². The van der Waals surface area contributed by atoms with Crippen molar-refractivity contribution >= 4 is 23.8 Å². The molecule has 0 aromatic heterocycles. The van der Waals surface area contributed by atoms with Crippen LogP contribution < -0.4 is 16.4 Å². The van der Waals surface area contributed by atoms with Gasteiger partial charge in [-0.3, -0.25) is 14.4 Å². The number of nitriles is 1. The van der Waals surface area contributed by atoms with E-state index >= 15 is 0 Å². The standard InChI is InChI=1S/C28H36N6O5/c1-28(2,3)24(32-27(38)39-18-21-13-9-6-10-14-21)25(36)31-22(17-20-11-7-5-8-12-20)26(37)33(4)34(19-29)16-15-23(30)35/h5-14,22,24H,15-18H2,1-4H3,(H2,30,35)(H,31,36)(H,32,38)/t22?,24-/m1/s1. The van der Waals surface area contributed by atoms with Crippen LogP contribution in [0.2, 0.25) is 0 Å². The Kier molecular flexibility index (Phi) is 11.3. The van der Waals surface area contributed by atoms with E-state index in [2.05, 4.69) is 10.6 Å². The van der Waals surface area contributed by atoms with Crippen LogP contribution in [0.3, 0.4) is 0 Å². The molecular weight excluding hydrogens is 500 g/mol. The molecule has 1 unspecified atom stereocenters. The average molecular weight is 537 g/mol. The van der Waals surface area contributed by atoms with E-state index in [-0.39, 0.29) is 26.0 Å². The minimum Gasteiger partial charge on any atom is -0.445 e. The Balaban J connectivity index is 2.21. The molecule has 0 heterocycles. The Labute approximate surface area is 228 Å². The van der Waals surface area contributed by atoms with Gasteiger partial charge in [0.1, 0.15) is 18.7 Å². The number of nitrogens with one attached hydrogen (secondary N) is 2. The molecule has 0 saturated carbocycles. The first-order chi connectivity index (χ1) is 18.4. The monoisotopic (exact) mass is 536 g/mol. The van der Waals surface area contributed by atoms with Crippen LogP contribution in [0.25, 0.3) is 0 Å². The Morgan fingerprint density at radius 2 is 1.54 bits per heavy atom. The first-order valence-electron chi connectivity index (χ1n) is 12.5. The zero-order valence-electron chi connectivity index (χ0n) is 22.7.